The summed E-state index contributed by atoms with van der Waals surface area (Å²) in [6, 6.07) is 6.93. The van der Waals surface area contributed by atoms with Crippen LogP contribution in [0, 0.1) is 5.82 Å². The van der Waals surface area contributed by atoms with E-state index in [1.165, 1.54) is 25.7 Å². The Bertz CT molecular complexity index is 1500. The molecule has 1 unspecified atom stereocenters. The van der Waals surface area contributed by atoms with E-state index in [4.69, 9.17) is 9.47 Å². The van der Waals surface area contributed by atoms with Gasteiger partial charge < -0.3 is 9.47 Å². The summed E-state index contributed by atoms with van der Waals surface area (Å²) in [5.74, 6) is 0.529. The molecule has 1 aromatic carbocycles. The summed E-state index contributed by atoms with van der Waals surface area (Å²) >= 11 is 0. The molecule has 0 bridgehead atoms. The lowest BCUT2D eigenvalue weighted by Crippen LogP contribution is -2.29. The Morgan fingerprint density at radius 2 is 1.78 bits per heavy atom. The van der Waals surface area contributed by atoms with Crippen molar-refractivity contribution in [3.8, 4) is 28.6 Å². The second kappa shape index (κ2) is 10.7. The van der Waals surface area contributed by atoms with Crippen LogP contribution in [0.15, 0.2) is 55.6 Å². The van der Waals surface area contributed by atoms with Crippen molar-refractivity contribution in [2.75, 3.05) is 18.9 Å². The van der Waals surface area contributed by atoms with Crippen LogP contribution < -0.4 is 14.2 Å². The molecule has 0 saturated carbocycles. The third-order valence-corrected chi connectivity index (χ3v) is 7.14. The van der Waals surface area contributed by atoms with Gasteiger partial charge in [0.25, 0.3) is 0 Å². The van der Waals surface area contributed by atoms with E-state index < -0.39 is 21.1 Å². The topological polar surface area (TPSA) is 134 Å². The fourth-order valence-electron chi connectivity index (χ4n) is 3.53. The summed E-state index contributed by atoms with van der Waals surface area (Å²) in [6.45, 7) is 5.25. The molecule has 3 heterocycles. The Labute approximate surface area is 213 Å². The highest BCUT2D eigenvalue weighted by atomic mass is 32.2. The van der Waals surface area contributed by atoms with Crippen LogP contribution in [0.4, 0.5) is 10.3 Å². The summed E-state index contributed by atoms with van der Waals surface area (Å²) in [6.07, 6.45) is 6.74. The molecule has 0 amide bonds. The Balaban J connectivity index is 1.82. The van der Waals surface area contributed by atoms with E-state index >= 15 is 0 Å². The van der Waals surface area contributed by atoms with Crippen LogP contribution in [-0.2, 0) is 16.4 Å². The van der Waals surface area contributed by atoms with Gasteiger partial charge in [-0.1, -0.05) is 18.7 Å². The van der Waals surface area contributed by atoms with Gasteiger partial charge in [-0.25, -0.2) is 22.8 Å². The lowest BCUT2D eigenvalue weighted by Gasteiger charge is -2.19. The minimum absolute atomic E-state index is 0.0557. The molecule has 0 aliphatic rings. The molecule has 192 valence electrons. The second-order valence-corrected chi connectivity index (χ2v) is 9.98. The summed E-state index contributed by atoms with van der Waals surface area (Å²) in [5, 5.41) is 7.41. The van der Waals surface area contributed by atoms with Gasteiger partial charge in [-0.2, -0.15) is 0 Å². The van der Waals surface area contributed by atoms with Gasteiger partial charge >= 0.3 is 0 Å². The fraction of sp³-hybridized carbons (Fsp3) is 0.208. The number of pyridine rings is 1. The first-order valence-corrected chi connectivity index (χ1v) is 12.5. The third-order valence-electron chi connectivity index (χ3n) is 5.45. The molecule has 0 saturated heterocycles. The zero-order chi connectivity index (χ0) is 26.6. The number of nitrogens with zero attached hydrogens (tertiary/aromatic N) is 6. The molecule has 3 aromatic heterocycles. The molecule has 0 spiro atoms. The third kappa shape index (κ3) is 5.40. The maximum atomic E-state index is 13.3. The maximum Gasteiger partial charge on any atom is 0.243 e. The van der Waals surface area contributed by atoms with Crippen molar-refractivity contribution in [1.29, 1.82) is 0 Å². The average molecular weight is 526 g/mol. The highest BCUT2D eigenvalue weighted by Crippen LogP contribution is 2.37. The number of aromatic nitrogens is 6. The van der Waals surface area contributed by atoms with E-state index in [0.29, 0.717) is 22.7 Å². The minimum Gasteiger partial charge on any atom is -0.494 e. The zero-order valence-electron chi connectivity index (χ0n) is 20.3. The van der Waals surface area contributed by atoms with E-state index in [2.05, 4.69) is 36.5 Å². The molecule has 0 aliphatic carbocycles. The highest BCUT2D eigenvalue weighted by molar-refractivity contribution is 7.93. The summed E-state index contributed by atoms with van der Waals surface area (Å²) < 4.78 is 54.9. The number of ether oxygens (including phenoxy) is 2. The summed E-state index contributed by atoms with van der Waals surface area (Å²) in [5.41, 5.74) is 1.66. The smallest absolute Gasteiger partial charge is 0.243 e. The van der Waals surface area contributed by atoms with E-state index in [1.807, 2.05) is 0 Å². The van der Waals surface area contributed by atoms with E-state index in [9.17, 15) is 12.8 Å². The number of methoxy groups -OCH3 is 2. The van der Waals surface area contributed by atoms with Crippen LogP contribution in [0.5, 0.6) is 11.5 Å². The quantitative estimate of drug-likeness (QED) is 0.331. The second-order valence-electron chi connectivity index (χ2n) is 7.88. The van der Waals surface area contributed by atoms with Crippen LogP contribution in [0.1, 0.15) is 18.3 Å². The molecule has 1 atom stereocenters. The van der Waals surface area contributed by atoms with Crippen LogP contribution in [-0.4, -0.2) is 57.6 Å². The van der Waals surface area contributed by atoms with E-state index in [-0.39, 0.29) is 24.0 Å². The monoisotopic (exact) mass is 525 g/mol. The van der Waals surface area contributed by atoms with Crippen molar-refractivity contribution in [2.24, 2.45) is 0 Å². The Morgan fingerprint density at radius 1 is 1.11 bits per heavy atom. The first-order valence-electron chi connectivity index (χ1n) is 11.0. The molecule has 0 aliphatic heterocycles. The molecular formula is C24H24FN7O4S. The molecule has 4 rings (SSSR count). The molecule has 13 heteroatoms. The van der Waals surface area contributed by atoms with E-state index in [0.717, 1.165) is 18.0 Å². The lowest BCUT2D eigenvalue weighted by molar-refractivity contribution is 0.391. The van der Waals surface area contributed by atoms with Crippen LogP contribution in [0.25, 0.3) is 23.2 Å². The highest BCUT2D eigenvalue weighted by Gasteiger charge is 2.28. The van der Waals surface area contributed by atoms with Crippen molar-refractivity contribution in [1.82, 2.24) is 29.7 Å². The molecule has 0 fully saturated rings. The molecule has 11 nitrogen and oxygen atoms in total. The van der Waals surface area contributed by atoms with Crippen molar-refractivity contribution in [2.45, 2.75) is 18.6 Å². The van der Waals surface area contributed by atoms with Crippen molar-refractivity contribution in [3.05, 3.63) is 72.8 Å². The average Bonchev–Trinajstić information content (AvgIpc) is 3.31. The Morgan fingerprint density at radius 3 is 2.41 bits per heavy atom. The standard InChI is InChI=1S/C24H24FN7O4S/c1-5-16-10-17(12-26-11-16)23-29-30-24(32(23)22-19(35-3)7-6-8-20(22)36-4)31-37(33,34)15(2)9-21-27-13-18(25)14-28-21/h5-8,10-15H,1,9H2,2-4H3,(H,30,31). The van der Waals surface area contributed by atoms with Crippen molar-refractivity contribution in [3.63, 3.8) is 0 Å². The number of hydrogen-bond donors (Lipinski definition) is 1. The fourth-order valence-corrected chi connectivity index (χ4v) is 4.49. The molecule has 37 heavy (non-hydrogen) atoms. The van der Waals surface area contributed by atoms with Gasteiger partial charge in [-0.3, -0.25) is 14.3 Å². The normalized spacial score (nSPS) is 12.1. The van der Waals surface area contributed by atoms with Gasteiger partial charge in [0.15, 0.2) is 11.6 Å². The van der Waals surface area contributed by atoms with Gasteiger partial charge in [-0.15, -0.1) is 10.2 Å². The molecular weight excluding hydrogens is 501 g/mol. The van der Waals surface area contributed by atoms with Crippen molar-refractivity contribution < 1.29 is 22.3 Å². The van der Waals surface area contributed by atoms with Gasteiger partial charge in [-0.05, 0) is 30.7 Å². The first-order chi connectivity index (χ1) is 17.8. The predicted molar refractivity (Wildman–Crippen MR) is 135 cm³/mol. The zero-order valence-corrected chi connectivity index (χ0v) is 21.1. The number of benzene rings is 1. The molecule has 4 aromatic rings. The Hall–Kier alpha value is -4.39. The lowest BCUT2D eigenvalue weighted by atomic mass is 10.2. The number of anilines is 1. The van der Waals surface area contributed by atoms with Gasteiger partial charge in [0.2, 0.25) is 16.0 Å². The largest absolute Gasteiger partial charge is 0.494 e. The first kappa shape index (κ1) is 25.7. The minimum atomic E-state index is -4.03. The van der Waals surface area contributed by atoms with Crippen LogP contribution in [0.2, 0.25) is 0 Å². The molecule has 0 radical (unpaired) electrons. The number of sulfonamides is 1. The number of nitrogens with one attached hydrogen (secondary N) is 1. The van der Waals surface area contributed by atoms with Gasteiger partial charge in [0, 0.05) is 24.4 Å². The summed E-state index contributed by atoms with van der Waals surface area (Å²) in [4.78, 5) is 11.9. The predicted octanol–water partition coefficient (Wildman–Crippen LogP) is 3.29. The van der Waals surface area contributed by atoms with Crippen LogP contribution >= 0.6 is 0 Å². The number of para-hydroxylation sites is 1. The number of rotatable bonds is 10. The number of halogens is 1. The Kier molecular flexibility index (Phi) is 7.43. The molecule has 1 N–H and O–H groups in total. The van der Waals surface area contributed by atoms with Crippen LogP contribution in [0.3, 0.4) is 0 Å². The SMILES string of the molecule is C=Cc1cncc(-c2nnc(NS(=O)(=O)C(C)Cc3ncc(F)cn3)n2-c2c(OC)cccc2OC)c1. The van der Waals surface area contributed by atoms with E-state index in [1.54, 1.807) is 42.7 Å². The summed E-state index contributed by atoms with van der Waals surface area (Å²) in [7, 11) is -1.07. The number of hydrogen-bond acceptors (Lipinski definition) is 9. The maximum absolute atomic E-state index is 13.3. The van der Waals surface area contributed by atoms with Gasteiger partial charge in [0.1, 0.15) is 23.0 Å². The van der Waals surface area contributed by atoms with Crippen molar-refractivity contribution >= 4 is 22.0 Å². The van der Waals surface area contributed by atoms with Gasteiger partial charge in [0.05, 0.1) is 31.9 Å².